The summed E-state index contributed by atoms with van der Waals surface area (Å²) in [7, 11) is 0. The lowest BCUT2D eigenvalue weighted by Gasteiger charge is -2.44. The highest BCUT2D eigenvalue weighted by atomic mass is 15.2. The fourth-order valence-corrected chi connectivity index (χ4v) is 3.65. The number of anilines is 2. The molecule has 0 amide bonds. The second-order valence-electron chi connectivity index (χ2n) is 6.78. The van der Waals surface area contributed by atoms with E-state index in [0.717, 1.165) is 37.5 Å². The molecule has 0 aromatic heterocycles. The summed E-state index contributed by atoms with van der Waals surface area (Å²) in [5.74, 6) is 1.07. The second-order valence-corrected chi connectivity index (χ2v) is 6.78. The first-order chi connectivity index (χ1) is 12.8. The average Bonchev–Trinajstić information content (AvgIpc) is 2.69. The van der Waals surface area contributed by atoms with Gasteiger partial charge in [-0.1, -0.05) is 55.8 Å². The molecule has 1 spiro atoms. The number of nitrogens with zero attached hydrogens (tertiary/aromatic N) is 1. The van der Waals surface area contributed by atoms with Gasteiger partial charge in [-0.3, -0.25) is 4.99 Å². The van der Waals surface area contributed by atoms with Crippen LogP contribution in [0.3, 0.4) is 0 Å². The molecule has 2 aromatic rings. The predicted molar refractivity (Wildman–Crippen MR) is 112 cm³/mol. The van der Waals surface area contributed by atoms with Gasteiger partial charge in [0.2, 0.25) is 0 Å². The number of amidine groups is 1. The number of hydrogen-bond donors (Lipinski definition) is 3. The van der Waals surface area contributed by atoms with E-state index in [1.54, 1.807) is 0 Å². The maximum atomic E-state index is 4.99. The molecule has 26 heavy (non-hydrogen) atoms. The summed E-state index contributed by atoms with van der Waals surface area (Å²) in [6, 6.07) is 17.0. The Bertz CT molecular complexity index is 760. The van der Waals surface area contributed by atoms with Gasteiger partial charge in [0.05, 0.1) is 23.5 Å². The van der Waals surface area contributed by atoms with E-state index in [2.05, 4.69) is 71.4 Å². The van der Waals surface area contributed by atoms with Crippen molar-refractivity contribution in [3.8, 4) is 0 Å². The van der Waals surface area contributed by atoms with E-state index in [1.165, 1.54) is 16.8 Å². The molecule has 0 bridgehead atoms. The number of para-hydroxylation sites is 2. The Balaban J connectivity index is 0.000000948. The minimum absolute atomic E-state index is 0.0799. The summed E-state index contributed by atoms with van der Waals surface area (Å²) in [6.07, 6.45) is 2.09. The normalized spacial score (nSPS) is 19.0. The van der Waals surface area contributed by atoms with Crippen molar-refractivity contribution >= 4 is 17.2 Å². The molecule has 3 N–H and O–H groups in total. The molecule has 0 radical (unpaired) electrons. The van der Waals surface area contributed by atoms with Crippen LogP contribution in [0.2, 0.25) is 0 Å². The van der Waals surface area contributed by atoms with Crippen molar-refractivity contribution in [2.24, 2.45) is 4.99 Å². The van der Waals surface area contributed by atoms with Crippen LogP contribution in [0.1, 0.15) is 37.8 Å². The van der Waals surface area contributed by atoms with Crippen molar-refractivity contribution in [1.82, 2.24) is 5.32 Å². The van der Waals surface area contributed by atoms with E-state index in [9.17, 15) is 0 Å². The number of nitrogens with one attached hydrogen (secondary N) is 3. The zero-order valence-electron chi connectivity index (χ0n) is 16.1. The van der Waals surface area contributed by atoms with E-state index in [4.69, 9.17) is 4.99 Å². The number of benzene rings is 2. The van der Waals surface area contributed by atoms with Crippen LogP contribution in [-0.4, -0.2) is 24.5 Å². The Kier molecular flexibility index (Phi) is 5.94. The smallest absolute Gasteiger partial charge is 0.127 e. The molecule has 0 saturated carbocycles. The van der Waals surface area contributed by atoms with Gasteiger partial charge in [-0.25, -0.2) is 0 Å². The highest BCUT2D eigenvalue weighted by Crippen LogP contribution is 2.35. The Hall–Kier alpha value is -2.33. The number of rotatable bonds is 2. The Morgan fingerprint density at radius 3 is 2.42 bits per heavy atom. The van der Waals surface area contributed by atoms with E-state index in [0.29, 0.717) is 6.54 Å². The van der Waals surface area contributed by atoms with Gasteiger partial charge in [0.25, 0.3) is 0 Å². The van der Waals surface area contributed by atoms with Crippen LogP contribution in [0, 0.1) is 6.92 Å². The predicted octanol–water partition coefficient (Wildman–Crippen LogP) is 4.58. The van der Waals surface area contributed by atoms with Crippen LogP contribution in [-0.2, 0) is 6.54 Å². The summed E-state index contributed by atoms with van der Waals surface area (Å²) >= 11 is 0. The Morgan fingerprint density at radius 1 is 0.962 bits per heavy atom. The fraction of sp³-hybridized carbons (Fsp3) is 0.409. The fourth-order valence-electron chi connectivity index (χ4n) is 3.65. The van der Waals surface area contributed by atoms with Crippen LogP contribution in [0.25, 0.3) is 0 Å². The molecule has 1 fully saturated rings. The van der Waals surface area contributed by atoms with Gasteiger partial charge in [-0.2, -0.15) is 0 Å². The van der Waals surface area contributed by atoms with Gasteiger partial charge in [-0.05, 0) is 50.6 Å². The molecule has 0 atom stereocenters. The van der Waals surface area contributed by atoms with Crippen LogP contribution in [0.5, 0.6) is 0 Å². The molecule has 1 saturated heterocycles. The quantitative estimate of drug-likeness (QED) is 0.743. The van der Waals surface area contributed by atoms with E-state index < -0.39 is 0 Å². The van der Waals surface area contributed by atoms with Gasteiger partial charge in [-0.15, -0.1) is 0 Å². The molecule has 0 aliphatic carbocycles. The van der Waals surface area contributed by atoms with Crippen LogP contribution in [0.4, 0.5) is 11.4 Å². The Labute approximate surface area is 157 Å². The molecule has 4 heteroatoms. The first-order valence-electron chi connectivity index (χ1n) is 9.71. The number of aryl methyl sites for hydroxylation is 1. The Morgan fingerprint density at radius 2 is 1.69 bits per heavy atom. The van der Waals surface area contributed by atoms with Crippen molar-refractivity contribution < 1.29 is 0 Å². The van der Waals surface area contributed by atoms with Crippen molar-refractivity contribution in [1.29, 1.82) is 0 Å². The van der Waals surface area contributed by atoms with Gasteiger partial charge in [0.1, 0.15) is 5.84 Å². The molecular weight excluding hydrogens is 320 g/mol. The van der Waals surface area contributed by atoms with Crippen molar-refractivity contribution in [2.75, 3.05) is 23.7 Å². The van der Waals surface area contributed by atoms with Crippen molar-refractivity contribution in [2.45, 2.75) is 45.7 Å². The van der Waals surface area contributed by atoms with Crippen LogP contribution in [0.15, 0.2) is 53.5 Å². The van der Waals surface area contributed by atoms with Gasteiger partial charge in [0.15, 0.2) is 0 Å². The molecular formula is C22H30N4. The molecule has 0 unspecified atom stereocenters. The van der Waals surface area contributed by atoms with Gasteiger partial charge >= 0.3 is 0 Å². The van der Waals surface area contributed by atoms with Crippen molar-refractivity contribution in [3.05, 3.63) is 59.7 Å². The first-order valence-corrected chi connectivity index (χ1v) is 9.71. The lowest BCUT2D eigenvalue weighted by molar-refractivity contribution is 0.419. The largest absolute Gasteiger partial charge is 0.371 e. The zero-order valence-corrected chi connectivity index (χ0v) is 16.1. The summed E-state index contributed by atoms with van der Waals surface area (Å²) in [4.78, 5) is 4.99. The molecule has 2 aliphatic rings. The first kappa shape index (κ1) is 18.5. The monoisotopic (exact) mass is 350 g/mol. The third-order valence-corrected chi connectivity index (χ3v) is 4.97. The third kappa shape index (κ3) is 3.91. The topological polar surface area (TPSA) is 48.5 Å². The summed E-state index contributed by atoms with van der Waals surface area (Å²) < 4.78 is 0. The standard InChI is InChI=1S/C20H24N4.C2H6/c1-15-5-4-6-16(13-15)14-22-19-20(9-11-21-12-10-20)24-18-8-3-2-7-17(18)23-19;1-2/h2-8,13,21,24H,9-12,14H2,1H3,(H,22,23);1-2H3. The van der Waals surface area contributed by atoms with E-state index in [-0.39, 0.29) is 5.54 Å². The second kappa shape index (κ2) is 8.37. The van der Waals surface area contributed by atoms with Crippen molar-refractivity contribution in [3.63, 3.8) is 0 Å². The number of hydrogen-bond acceptors (Lipinski definition) is 3. The molecule has 4 nitrogen and oxygen atoms in total. The number of aliphatic imine (C=N–C) groups is 1. The third-order valence-electron chi connectivity index (χ3n) is 4.97. The van der Waals surface area contributed by atoms with E-state index in [1.807, 2.05) is 13.8 Å². The minimum atomic E-state index is -0.0799. The minimum Gasteiger partial charge on any atom is -0.371 e. The molecule has 2 heterocycles. The average molecular weight is 351 g/mol. The van der Waals surface area contributed by atoms with Gasteiger partial charge < -0.3 is 16.0 Å². The zero-order chi connectivity index (χ0) is 18.4. The summed E-state index contributed by atoms with van der Waals surface area (Å²) in [5, 5.41) is 10.8. The maximum absolute atomic E-state index is 4.99. The molecule has 138 valence electrons. The number of piperidine rings is 1. The highest BCUT2D eigenvalue weighted by Gasteiger charge is 2.40. The van der Waals surface area contributed by atoms with Crippen LogP contribution < -0.4 is 16.0 Å². The summed E-state index contributed by atoms with van der Waals surface area (Å²) in [6.45, 7) is 8.87. The van der Waals surface area contributed by atoms with E-state index >= 15 is 0 Å². The lowest BCUT2D eigenvalue weighted by Crippen LogP contribution is -2.57. The molecule has 2 aromatic carbocycles. The molecule has 2 aliphatic heterocycles. The SMILES string of the molecule is CC.Cc1cccc(CN=C2Nc3ccccc3NC23CCNCC3)c1. The number of fused-ring (bicyclic) bond motifs is 1. The van der Waals surface area contributed by atoms with Gasteiger partial charge in [0, 0.05) is 0 Å². The highest BCUT2D eigenvalue weighted by molar-refractivity contribution is 6.09. The molecule has 4 rings (SSSR count). The lowest BCUT2D eigenvalue weighted by atomic mass is 9.84. The summed E-state index contributed by atoms with van der Waals surface area (Å²) in [5.41, 5.74) is 4.75. The maximum Gasteiger partial charge on any atom is 0.127 e. The van der Waals surface area contributed by atoms with Crippen LogP contribution >= 0.6 is 0 Å².